The fourth-order valence-corrected chi connectivity index (χ4v) is 1.70. The van der Waals surface area contributed by atoms with Crippen LogP contribution in [0.15, 0.2) is 0 Å². The van der Waals surface area contributed by atoms with Crippen LogP contribution >= 0.6 is 11.8 Å². The van der Waals surface area contributed by atoms with Gasteiger partial charge in [-0.05, 0) is 18.4 Å². The first kappa shape index (κ1) is 12.8. The van der Waals surface area contributed by atoms with Gasteiger partial charge >= 0.3 is 6.03 Å². The van der Waals surface area contributed by atoms with Gasteiger partial charge in [0.1, 0.15) is 0 Å². The van der Waals surface area contributed by atoms with E-state index in [0.717, 1.165) is 5.75 Å². The minimum absolute atomic E-state index is 0.143. The molecule has 2 amide bonds. The van der Waals surface area contributed by atoms with Gasteiger partial charge in [0.25, 0.3) is 0 Å². The van der Waals surface area contributed by atoms with Crippen LogP contribution in [0.2, 0.25) is 0 Å². The van der Waals surface area contributed by atoms with E-state index in [1.807, 2.05) is 13.2 Å². The van der Waals surface area contributed by atoms with Crippen molar-refractivity contribution in [3.8, 4) is 0 Å². The van der Waals surface area contributed by atoms with Gasteiger partial charge in [0.2, 0.25) is 0 Å². The standard InChI is InChI=1S/C8H16N6OS/c1-6(5-16-3)10-8(15)9-4-7-11-13-14(2)12-7/h6H,4-5H2,1-3H3,(H2,9,10,15). The minimum atomic E-state index is -0.214. The molecule has 0 radical (unpaired) electrons. The van der Waals surface area contributed by atoms with E-state index in [-0.39, 0.29) is 18.6 Å². The van der Waals surface area contributed by atoms with Gasteiger partial charge in [-0.3, -0.25) is 0 Å². The van der Waals surface area contributed by atoms with E-state index < -0.39 is 0 Å². The number of carbonyl (C=O) groups is 1. The Labute approximate surface area is 98.4 Å². The van der Waals surface area contributed by atoms with Gasteiger partial charge in [0, 0.05) is 11.8 Å². The topological polar surface area (TPSA) is 84.7 Å². The van der Waals surface area contributed by atoms with Crippen molar-refractivity contribution in [1.29, 1.82) is 0 Å². The molecule has 0 aliphatic carbocycles. The molecule has 1 heterocycles. The summed E-state index contributed by atoms with van der Waals surface area (Å²) in [5.41, 5.74) is 0. The summed E-state index contributed by atoms with van der Waals surface area (Å²) < 4.78 is 0. The maximum atomic E-state index is 11.4. The molecule has 1 unspecified atom stereocenters. The predicted molar refractivity (Wildman–Crippen MR) is 62.0 cm³/mol. The molecule has 16 heavy (non-hydrogen) atoms. The van der Waals surface area contributed by atoms with Crippen LogP contribution < -0.4 is 10.6 Å². The zero-order chi connectivity index (χ0) is 12.0. The van der Waals surface area contributed by atoms with E-state index in [1.54, 1.807) is 18.8 Å². The summed E-state index contributed by atoms with van der Waals surface area (Å²) in [5.74, 6) is 1.38. The van der Waals surface area contributed by atoms with E-state index in [0.29, 0.717) is 5.82 Å². The normalized spacial score (nSPS) is 12.2. The molecule has 0 bridgehead atoms. The van der Waals surface area contributed by atoms with Crippen molar-refractivity contribution in [2.75, 3.05) is 12.0 Å². The summed E-state index contributed by atoms with van der Waals surface area (Å²) in [6.07, 6.45) is 2.00. The third-order valence-electron chi connectivity index (χ3n) is 1.75. The van der Waals surface area contributed by atoms with Gasteiger partial charge in [-0.2, -0.15) is 16.6 Å². The van der Waals surface area contributed by atoms with E-state index in [1.165, 1.54) is 4.80 Å². The summed E-state index contributed by atoms with van der Waals surface area (Å²) >= 11 is 1.69. The second-order valence-corrected chi connectivity index (χ2v) is 4.29. The molecule has 0 aliphatic rings. The van der Waals surface area contributed by atoms with Gasteiger partial charge < -0.3 is 10.6 Å². The Morgan fingerprint density at radius 3 is 2.94 bits per heavy atom. The minimum Gasteiger partial charge on any atom is -0.335 e. The second kappa shape index (κ2) is 6.31. The number of nitrogens with zero attached hydrogens (tertiary/aromatic N) is 4. The SMILES string of the molecule is CSCC(C)NC(=O)NCc1nnn(C)n1. The number of carbonyl (C=O) groups excluding carboxylic acids is 1. The van der Waals surface area contributed by atoms with Gasteiger partial charge in [0.05, 0.1) is 13.6 Å². The summed E-state index contributed by atoms with van der Waals surface area (Å²) in [7, 11) is 1.68. The molecule has 2 N–H and O–H groups in total. The maximum Gasteiger partial charge on any atom is 0.315 e. The Bertz CT molecular complexity index is 341. The van der Waals surface area contributed by atoms with Crippen LogP contribution in [0.4, 0.5) is 4.79 Å². The first-order valence-corrected chi connectivity index (χ1v) is 6.27. The number of hydrogen-bond donors (Lipinski definition) is 2. The van der Waals surface area contributed by atoms with Crippen LogP contribution in [-0.4, -0.2) is 44.3 Å². The van der Waals surface area contributed by atoms with Crippen molar-refractivity contribution < 1.29 is 4.79 Å². The van der Waals surface area contributed by atoms with Crippen molar-refractivity contribution >= 4 is 17.8 Å². The van der Waals surface area contributed by atoms with E-state index in [9.17, 15) is 4.79 Å². The molecule has 0 aliphatic heterocycles. The van der Waals surface area contributed by atoms with Crippen LogP contribution in [0, 0.1) is 0 Å². The van der Waals surface area contributed by atoms with Gasteiger partial charge in [-0.25, -0.2) is 4.79 Å². The predicted octanol–water partition coefficient (Wildman–Crippen LogP) is -0.239. The highest BCUT2D eigenvalue weighted by Gasteiger charge is 2.07. The number of aromatic nitrogens is 4. The fourth-order valence-electron chi connectivity index (χ4n) is 1.12. The van der Waals surface area contributed by atoms with Crippen LogP contribution in [0.3, 0.4) is 0 Å². The summed E-state index contributed by atoms with van der Waals surface area (Å²) in [6.45, 7) is 2.24. The number of tetrazole rings is 1. The molecule has 1 atom stereocenters. The lowest BCUT2D eigenvalue weighted by Gasteiger charge is -2.12. The number of thioether (sulfide) groups is 1. The summed E-state index contributed by atoms with van der Waals surface area (Å²) in [5, 5.41) is 16.8. The Morgan fingerprint density at radius 2 is 2.38 bits per heavy atom. The largest absolute Gasteiger partial charge is 0.335 e. The van der Waals surface area contributed by atoms with Crippen LogP contribution in [-0.2, 0) is 13.6 Å². The van der Waals surface area contributed by atoms with E-state index in [4.69, 9.17) is 0 Å². The van der Waals surface area contributed by atoms with Crippen LogP contribution in [0.25, 0.3) is 0 Å². The maximum absolute atomic E-state index is 11.4. The lowest BCUT2D eigenvalue weighted by Crippen LogP contribution is -2.41. The molecule has 1 rings (SSSR count). The summed E-state index contributed by atoms with van der Waals surface area (Å²) in [4.78, 5) is 12.7. The molecule has 8 heteroatoms. The molecule has 0 saturated carbocycles. The Kier molecular flexibility index (Phi) is 5.03. The quantitative estimate of drug-likeness (QED) is 0.747. The third kappa shape index (κ3) is 4.47. The monoisotopic (exact) mass is 244 g/mol. The highest BCUT2D eigenvalue weighted by atomic mass is 32.2. The molecular weight excluding hydrogens is 228 g/mol. The number of aryl methyl sites for hydroxylation is 1. The third-order valence-corrected chi connectivity index (χ3v) is 2.58. The Balaban J connectivity index is 2.25. The van der Waals surface area contributed by atoms with Crippen LogP contribution in [0.1, 0.15) is 12.7 Å². The molecule has 1 aromatic rings. The smallest absolute Gasteiger partial charge is 0.315 e. The second-order valence-electron chi connectivity index (χ2n) is 3.38. The molecule has 0 aromatic carbocycles. The molecule has 90 valence electrons. The zero-order valence-corrected chi connectivity index (χ0v) is 10.4. The molecule has 7 nitrogen and oxygen atoms in total. The van der Waals surface area contributed by atoms with E-state index >= 15 is 0 Å². The molecule has 0 fully saturated rings. The Hall–Kier alpha value is -1.31. The molecular formula is C8H16N6OS. The highest BCUT2D eigenvalue weighted by Crippen LogP contribution is 1.95. The van der Waals surface area contributed by atoms with Crippen LogP contribution in [0.5, 0.6) is 0 Å². The van der Waals surface area contributed by atoms with Crippen molar-refractivity contribution in [3.05, 3.63) is 5.82 Å². The first-order valence-electron chi connectivity index (χ1n) is 4.88. The van der Waals surface area contributed by atoms with Gasteiger partial charge in [-0.15, -0.1) is 10.2 Å². The molecule has 1 aromatic heterocycles. The van der Waals surface area contributed by atoms with Gasteiger partial charge in [0.15, 0.2) is 5.82 Å². The molecule has 0 spiro atoms. The zero-order valence-electron chi connectivity index (χ0n) is 9.60. The van der Waals surface area contributed by atoms with E-state index in [2.05, 4.69) is 26.0 Å². The number of rotatable bonds is 5. The molecule has 0 saturated heterocycles. The van der Waals surface area contributed by atoms with Crippen molar-refractivity contribution in [1.82, 2.24) is 30.8 Å². The number of urea groups is 1. The van der Waals surface area contributed by atoms with Gasteiger partial charge in [-0.1, -0.05) is 0 Å². The number of hydrogen-bond acceptors (Lipinski definition) is 5. The lowest BCUT2D eigenvalue weighted by atomic mass is 10.4. The number of nitrogens with one attached hydrogen (secondary N) is 2. The average molecular weight is 244 g/mol. The summed E-state index contributed by atoms with van der Waals surface area (Å²) in [6, 6.07) is -0.0705. The van der Waals surface area contributed by atoms with Crippen molar-refractivity contribution in [2.24, 2.45) is 7.05 Å². The first-order chi connectivity index (χ1) is 7.61. The fraction of sp³-hybridized carbons (Fsp3) is 0.750. The highest BCUT2D eigenvalue weighted by molar-refractivity contribution is 7.98. The Morgan fingerprint density at radius 1 is 1.62 bits per heavy atom. The lowest BCUT2D eigenvalue weighted by molar-refractivity contribution is 0.238. The van der Waals surface area contributed by atoms with Crippen molar-refractivity contribution in [2.45, 2.75) is 19.5 Å². The average Bonchev–Trinajstić information content (AvgIpc) is 2.61. The van der Waals surface area contributed by atoms with Crippen molar-refractivity contribution in [3.63, 3.8) is 0 Å². The number of amides is 2.